The molecule has 0 bridgehead atoms. The molecule has 0 spiro atoms. The second-order valence-electron chi connectivity index (χ2n) is 5.53. The Hall–Kier alpha value is -1.96. The third-order valence-electron chi connectivity index (χ3n) is 3.45. The monoisotopic (exact) mass is 328 g/mol. The molecule has 8 heteroatoms. The van der Waals surface area contributed by atoms with Crippen LogP contribution in [0.15, 0.2) is 24.3 Å². The molecule has 0 radical (unpaired) electrons. The zero-order valence-electron chi connectivity index (χ0n) is 12.3. The van der Waals surface area contributed by atoms with E-state index in [4.69, 9.17) is 0 Å². The summed E-state index contributed by atoms with van der Waals surface area (Å²) in [6.45, 7) is 0.127. The summed E-state index contributed by atoms with van der Waals surface area (Å²) >= 11 is 0. The van der Waals surface area contributed by atoms with E-state index in [-0.39, 0.29) is 24.8 Å². The van der Waals surface area contributed by atoms with Gasteiger partial charge in [-0.1, -0.05) is 6.07 Å². The van der Waals surface area contributed by atoms with Crippen LogP contribution in [0, 0.1) is 5.92 Å². The minimum atomic E-state index is -4.61. The highest BCUT2D eigenvalue weighted by Gasteiger charge is 2.33. The minimum absolute atomic E-state index is 0.0188. The second-order valence-corrected chi connectivity index (χ2v) is 6.94. The average molecular weight is 328 g/mol. The number of hydrogen-bond acceptors (Lipinski definition) is 4. The van der Waals surface area contributed by atoms with Gasteiger partial charge >= 0.3 is 10.2 Å². The van der Waals surface area contributed by atoms with Crippen molar-refractivity contribution in [3.63, 3.8) is 0 Å². The zero-order valence-corrected chi connectivity index (χ0v) is 13.1. The molecule has 2 amide bonds. The Labute approximate surface area is 128 Å². The number of carbonyl (C=O) groups excluding carboxylic acids is 2. The van der Waals surface area contributed by atoms with Crippen LogP contribution in [-0.4, -0.2) is 51.5 Å². The summed E-state index contributed by atoms with van der Waals surface area (Å²) in [6.07, 6.45) is -0.0188. The first kappa shape index (κ1) is 16.4. The first-order valence-electron chi connectivity index (χ1n) is 6.72. The molecule has 0 saturated carbocycles. The van der Waals surface area contributed by atoms with E-state index < -0.39 is 21.9 Å². The highest BCUT2D eigenvalue weighted by atomic mass is 32.3. The van der Waals surface area contributed by atoms with Gasteiger partial charge in [-0.15, -0.1) is 3.89 Å². The molecular weight excluding hydrogens is 311 g/mol. The Morgan fingerprint density at radius 1 is 1.41 bits per heavy atom. The van der Waals surface area contributed by atoms with Crippen LogP contribution in [0.1, 0.15) is 16.8 Å². The molecule has 1 aliphatic rings. The van der Waals surface area contributed by atoms with Gasteiger partial charge in [0.1, 0.15) is 0 Å². The molecular formula is C14H17FN2O4S. The number of anilines is 1. The quantitative estimate of drug-likeness (QED) is 0.774. The van der Waals surface area contributed by atoms with Crippen molar-refractivity contribution in [2.24, 2.45) is 5.92 Å². The Morgan fingerprint density at radius 2 is 2.09 bits per heavy atom. The lowest BCUT2D eigenvalue weighted by atomic mass is 10.1. The molecule has 1 heterocycles. The Balaban J connectivity index is 2.20. The summed E-state index contributed by atoms with van der Waals surface area (Å²) in [6, 6.07) is 6.53. The van der Waals surface area contributed by atoms with Crippen molar-refractivity contribution in [1.82, 2.24) is 4.90 Å². The fourth-order valence-corrected chi connectivity index (χ4v) is 3.28. The highest BCUT2D eigenvalue weighted by molar-refractivity contribution is 7.86. The van der Waals surface area contributed by atoms with Crippen molar-refractivity contribution in [2.75, 3.05) is 31.3 Å². The zero-order chi connectivity index (χ0) is 16.5. The molecule has 22 heavy (non-hydrogen) atoms. The smallest absolute Gasteiger partial charge is 0.302 e. The van der Waals surface area contributed by atoms with Crippen molar-refractivity contribution in [2.45, 2.75) is 6.42 Å². The number of nitrogens with zero attached hydrogens (tertiary/aromatic N) is 2. The van der Waals surface area contributed by atoms with Gasteiger partial charge in [-0.05, 0) is 18.2 Å². The van der Waals surface area contributed by atoms with E-state index in [0.717, 1.165) is 0 Å². The maximum Gasteiger partial charge on any atom is 0.302 e. The fraction of sp³-hybridized carbons (Fsp3) is 0.429. The Kier molecular flexibility index (Phi) is 4.50. The predicted molar refractivity (Wildman–Crippen MR) is 79.8 cm³/mol. The summed E-state index contributed by atoms with van der Waals surface area (Å²) in [5.74, 6) is -1.71. The number of halogens is 1. The molecule has 1 fully saturated rings. The molecule has 0 aliphatic carbocycles. The standard InChI is InChI=1S/C14H17FN2O4S/c1-16(2)14(19)11-4-3-5-12(7-11)17-8-10(6-13(17)18)9-22(15,20)21/h3-5,7,10H,6,8-9H2,1-2H3. The van der Waals surface area contributed by atoms with Crippen molar-refractivity contribution < 1.29 is 21.9 Å². The van der Waals surface area contributed by atoms with Crippen molar-refractivity contribution >= 4 is 27.7 Å². The Bertz CT molecular complexity index is 703. The summed E-state index contributed by atoms with van der Waals surface area (Å²) in [5.41, 5.74) is 0.938. The molecule has 1 aromatic rings. The number of carbonyl (C=O) groups is 2. The lowest BCUT2D eigenvalue weighted by Gasteiger charge is -2.18. The van der Waals surface area contributed by atoms with Gasteiger partial charge in [0.05, 0.1) is 5.75 Å². The number of benzene rings is 1. The molecule has 0 aromatic heterocycles. The summed E-state index contributed by atoms with van der Waals surface area (Å²) in [7, 11) is -1.36. The molecule has 120 valence electrons. The van der Waals surface area contributed by atoms with Crippen LogP contribution in [0.3, 0.4) is 0 Å². The topological polar surface area (TPSA) is 74.8 Å². The van der Waals surface area contributed by atoms with Crippen molar-refractivity contribution in [3.05, 3.63) is 29.8 Å². The molecule has 1 saturated heterocycles. The normalized spacial score (nSPS) is 18.6. The van der Waals surface area contributed by atoms with Crippen LogP contribution < -0.4 is 4.90 Å². The minimum Gasteiger partial charge on any atom is -0.345 e. The van der Waals surface area contributed by atoms with Gasteiger partial charge in [0, 0.05) is 44.2 Å². The average Bonchev–Trinajstić information content (AvgIpc) is 2.76. The first-order valence-corrected chi connectivity index (χ1v) is 8.27. The van der Waals surface area contributed by atoms with Crippen LogP contribution >= 0.6 is 0 Å². The summed E-state index contributed by atoms with van der Waals surface area (Å²) in [4.78, 5) is 26.7. The predicted octanol–water partition coefficient (Wildman–Crippen LogP) is 1.04. The lowest BCUT2D eigenvalue weighted by Crippen LogP contribution is -2.26. The maximum atomic E-state index is 12.7. The lowest BCUT2D eigenvalue weighted by molar-refractivity contribution is -0.117. The summed E-state index contributed by atoms with van der Waals surface area (Å²) < 4.78 is 34.2. The Morgan fingerprint density at radius 3 is 2.68 bits per heavy atom. The highest BCUT2D eigenvalue weighted by Crippen LogP contribution is 2.27. The van der Waals surface area contributed by atoms with E-state index in [1.54, 1.807) is 38.4 Å². The molecule has 1 unspecified atom stereocenters. The number of rotatable bonds is 4. The number of amides is 2. The van der Waals surface area contributed by atoms with Gasteiger partial charge in [0.2, 0.25) is 5.91 Å². The third-order valence-corrected chi connectivity index (χ3v) is 4.32. The van der Waals surface area contributed by atoms with Crippen LogP contribution in [0.5, 0.6) is 0 Å². The van der Waals surface area contributed by atoms with Crippen LogP contribution in [0.25, 0.3) is 0 Å². The van der Waals surface area contributed by atoms with Crippen LogP contribution in [0.4, 0.5) is 9.57 Å². The molecule has 1 atom stereocenters. The first-order chi connectivity index (χ1) is 10.2. The SMILES string of the molecule is CN(C)C(=O)c1cccc(N2CC(CS(=O)(=O)F)CC2=O)c1. The number of hydrogen-bond donors (Lipinski definition) is 0. The van der Waals surface area contributed by atoms with Gasteiger partial charge in [0.25, 0.3) is 5.91 Å². The van der Waals surface area contributed by atoms with Gasteiger partial charge in [-0.3, -0.25) is 9.59 Å². The fourth-order valence-electron chi connectivity index (χ4n) is 2.49. The van der Waals surface area contributed by atoms with E-state index in [1.165, 1.54) is 9.80 Å². The van der Waals surface area contributed by atoms with Gasteiger partial charge in [0.15, 0.2) is 0 Å². The summed E-state index contributed by atoms with van der Waals surface area (Å²) in [5, 5.41) is 0. The van der Waals surface area contributed by atoms with E-state index in [2.05, 4.69) is 0 Å². The maximum absolute atomic E-state index is 12.7. The largest absolute Gasteiger partial charge is 0.345 e. The van der Waals surface area contributed by atoms with Gasteiger partial charge in [-0.25, -0.2) is 0 Å². The van der Waals surface area contributed by atoms with Crippen LogP contribution in [0.2, 0.25) is 0 Å². The molecule has 1 aliphatic heterocycles. The molecule has 0 N–H and O–H groups in total. The molecule has 1 aromatic carbocycles. The van der Waals surface area contributed by atoms with E-state index in [9.17, 15) is 21.9 Å². The van der Waals surface area contributed by atoms with Crippen LogP contribution in [-0.2, 0) is 15.0 Å². The van der Waals surface area contributed by atoms with E-state index >= 15 is 0 Å². The molecule has 2 rings (SSSR count). The van der Waals surface area contributed by atoms with E-state index in [1.807, 2.05) is 0 Å². The van der Waals surface area contributed by atoms with E-state index in [0.29, 0.717) is 11.3 Å². The van der Waals surface area contributed by atoms with Gasteiger partial charge in [-0.2, -0.15) is 8.42 Å². The second kappa shape index (κ2) is 6.04. The van der Waals surface area contributed by atoms with Gasteiger partial charge < -0.3 is 9.80 Å². The van der Waals surface area contributed by atoms with Crippen molar-refractivity contribution in [1.29, 1.82) is 0 Å². The van der Waals surface area contributed by atoms with Crippen molar-refractivity contribution in [3.8, 4) is 0 Å². The third kappa shape index (κ3) is 3.82. The molecule has 6 nitrogen and oxygen atoms in total.